The molecule has 1 amide bonds. The number of ketones is 1. The number of ether oxygens (including phenoxy) is 1. The minimum Gasteiger partial charge on any atom is -0.482 e. The number of halogens is 1. The van der Waals surface area contributed by atoms with Crippen molar-refractivity contribution in [1.29, 1.82) is 0 Å². The first kappa shape index (κ1) is 12.6. The summed E-state index contributed by atoms with van der Waals surface area (Å²) < 4.78 is 6.02. The summed E-state index contributed by atoms with van der Waals surface area (Å²) in [6, 6.07) is 3.29. The van der Waals surface area contributed by atoms with Crippen LogP contribution in [0, 0.1) is 0 Å². The van der Waals surface area contributed by atoms with Gasteiger partial charge in [-0.3, -0.25) is 9.59 Å². The molecule has 5 nitrogen and oxygen atoms in total. The van der Waals surface area contributed by atoms with Crippen LogP contribution in [0.1, 0.15) is 23.2 Å². The zero-order chi connectivity index (χ0) is 13.4. The van der Waals surface area contributed by atoms with E-state index in [1.807, 2.05) is 0 Å². The number of hydrogen-bond acceptors (Lipinski definition) is 4. The molecule has 2 aliphatic heterocycles. The minimum atomic E-state index is -0.184. The summed E-state index contributed by atoms with van der Waals surface area (Å²) in [6.45, 7) is 0.871. The van der Waals surface area contributed by atoms with Gasteiger partial charge in [-0.2, -0.15) is 0 Å². The number of benzene rings is 1. The maximum Gasteiger partial charge on any atom is 0.262 e. The highest BCUT2D eigenvalue weighted by Crippen LogP contribution is 2.34. The zero-order valence-corrected chi connectivity index (χ0v) is 11.7. The normalized spacial score (nSPS) is 21.5. The van der Waals surface area contributed by atoms with Gasteiger partial charge in [-0.15, -0.1) is 0 Å². The quantitative estimate of drug-likeness (QED) is 0.813. The lowest BCUT2D eigenvalue weighted by Crippen LogP contribution is -2.31. The number of hydrogen-bond donors (Lipinski definition) is 2. The molecule has 1 unspecified atom stereocenters. The van der Waals surface area contributed by atoms with Gasteiger partial charge in [-0.25, -0.2) is 0 Å². The van der Waals surface area contributed by atoms with Crippen LogP contribution in [0.5, 0.6) is 5.75 Å². The summed E-state index contributed by atoms with van der Waals surface area (Å²) in [6.07, 6.45) is 1.88. The predicted octanol–water partition coefficient (Wildman–Crippen LogP) is 1.71. The number of Topliss-reactive ketones (excluding diaryl/α,β-unsaturated/α-hetero) is 1. The van der Waals surface area contributed by atoms with Crippen LogP contribution in [-0.2, 0) is 4.79 Å². The Hall–Kier alpha value is -1.40. The molecule has 2 aliphatic rings. The molecule has 0 bridgehead atoms. The van der Waals surface area contributed by atoms with Gasteiger partial charge < -0.3 is 15.4 Å². The number of carbonyl (C=O) groups is 2. The lowest BCUT2D eigenvalue weighted by Gasteiger charge is -2.20. The van der Waals surface area contributed by atoms with E-state index >= 15 is 0 Å². The Balaban J connectivity index is 1.94. The summed E-state index contributed by atoms with van der Waals surface area (Å²) >= 11 is 3.39. The zero-order valence-electron chi connectivity index (χ0n) is 10.2. The molecule has 1 fully saturated rings. The molecule has 0 aliphatic carbocycles. The van der Waals surface area contributed by atoms with Crippen molar-refractivity contribution >= 4 is 33.3 Å². The Morgan fingerprint density at radius 3 is 3.00 bits per heavy atom. The van der Waals surface area contributed by atoms with Gasteiger partial charge in [0.2, 0.25) is 0 Å². The molecule has 2 N–H and O–H groups in total. The molecule has 1 atom stereocenters. The Bertz CT molecular complexity index is 553. The number of nitrogens with one attached hydrogen (secondary N) is 2. The van der Waals surface area contributed by atoms with Crippen LogP contribution in [0.2, 0.25) is 0 Å². The van der Waals surface area contributed by atoms with Crippen molar-refractivity contribution in [3.05, 3.63) is 22.2 Å². The molecule has 1 saturated heterocycles. The summed E-state index contributed by atoms with van der Waals surface area (Å²) in [7, 11) is 0. The Morgan fingerprint density at radius 2 is 2.26 bits per heavy atom. The molecule has 0 radical (unpaired) electrons. The van der Waals surface area contributed by atoms with Gasteiger partial charge in [0.05, 0.1) is 11.7 Å². The summed E-state index contributed by atoms with van der Waals surface area (Å²) in [5, 5.41) is 5.90. The lowest BCUT2D eigenvalue weighted by atomic mass is 10.0. The van der Waals surface area contributed by atoms with E-state index in [9.17, 15) is 9.59 Å². The van der Waals surface area contributed by atoms with Crippen molar-refractivity contribution in [3.63, 3.8) is 0 Å². The van der Waals surface area contributed by atoms with Crippen LogP contribution in [0.3, 0.4) is 0 Å². The van der Waals surface area contributed by atoms with Crippen LogP contribution < -0.4 is 15.4 Å². The van der Waals surface area contributed by atoms with Gasteiger partial charge in [0, 0.05) is 10.0 Å². The van der Waals surface area contributed by atoms with Gasteiger partial charge >= 0.3 is 0 Å². The highest BCUT2D eigenvalue weighted by Gasteiger charge is 2.27. The third kappa shape index (κ3) is 2.37. The largest absolute Gasteiger partial charge is 0.482 e. The van der Waals surface area contributed by atoms with Crippen molar-refractivity contribution in [2.75, 3.05) is 18.5 Å². The van der Waals surface area contributed by atoms with Gasteiger partial charge in [-0.1, -0.05) is 0 Å². The monoisotopic (exact) mass is 324 g/mol. The van der Waals surface area contributed by atoms with E-state index in [-0.39, 0.29) is 24.3 Å². The van der Waals surface area contributed by atoms with Crippen molar-refractivity contribution < 1.29 is 14.3 Å². The highest BCUT2D eigenvalue weighted by atomic mass is 79.9. The number of fused-ring (bicyclic) bond motifs is 1. The second kappa shape index (κ2) is 4.94. The smallest absolute Gasteiger partial charge is 0.262 e. The third-order valence-corrected chi connectivity index (χ3v) is 4.00. The Kier molecular flexibility index (Phi) is 3.28. The lowest BCUT2D eigenvalue weighted by molar-refractivity contribution is -0.118. The average molecular weight is 325 g/mol. The van der Waals surface area contributed by atoms with E-state index in [1.54, 1.807) is 12.1 Å². The molecule has 3 rings (SSSR count). The molecule has 6 heteroatoms. The molecular formula is C13H13BrN2O3. The van der Waals surface area contributed by atoms with Crippen LogP contribution in [0.25, 0.3) is 0 Å². The summed E-state index contributed by atoms with van der Waals surface area (Å²) in [5.41, 5.74) is 1.19. The molecule has 2 heterocycles. The maximum atomic E-state index is 12.4. The fourth-order valence-electron chi connectivity index (χ4n) is 2.38. The van der Waals surface area contributed by atoms with E-state index in [2.05, 4.69) is 26.6 Å². The number of anilines is 1. The first-order valence-corrected chi connectivity index (χ1v) is 6.98. The maximum absolute atomic E-state index is 12.4. The van der Waals surface area contributed by atoms with Gasteiger partial charge in [0.1, 0.15) is 5.75 Å². The van der Waals surface area contributed by atoms with Crippen molar-refractivity contribution in [1.82, 2.24) is 5.32 Å². The first-order valence-electron chi connectivity index (χ1n) is 6.19. The fourth-order valence-corrected chi connectivity index (χ4v) is 2.92. The van der Waals surface area contributed by atoms with Crippen molar-refractivity contribution in [3.8, 4) is 5.75 Å². The molecular weight excluding hydrogens is 312 g/mol. The molecule has 0 aromatic heterocycles. The number of rotatable bonds is 2. The van der Waals surface area contributed by atoms with E-state index in [0.29, 0.717) is 21.5 Å². The Morgan fingerprint density at radius 1 is 1.42 bits per heavy atom. The van der Waals surface area contributed by atoms with Crippen molar-refractivity contribution in [2.45, 2.75) is 18.9 Å². The van der Waals surface area contributed by atoms with Gasteiger partial charge in [-0.05, 0) is 47.4 Å². The van der Waals surface area contributed by atoms with Crippen molar-refractivity contribution in [2.24, 2.45) is 0 Å². The SMILES string of the molecule is O=C1COc2cc(C(=O)C3CCCN3)c(Br)cc2N1. The van der Waals surface area contributed by atoms with E-state index in [1.165, 1.54) is 0 Å². The molecule has 19 heavy (non-hydrogen) atoms. The Labute approximate surface area is 118 Å². The van der Waals surface area contributed by atoms with Gasteiger partial charge in [0.15, 0.2) is 12.4 Å². The first-order chi connectivity index (χ1) is 9.15. The van der Waals surface area contributed by atoms with E-state index < -0.39 is 0 Å². The van der Waals surface area contributed by atoms with Crippen LogP contribution >= 0.6 is 15.9 Å². The molecule has 1 aromatic carbocycles. The second-order valence-electron chi connectivity index (χ2n) is 4.68. The minimum absolute atomic E-state index is 0.00998. The topological polar surface area (TPSA) is 67.4 Å². The van der Waals surface area contributed by atoms with Gasteiger partial charge in [0.25, 0.3) is 5.91 Å². The molecule has 1 aromatic rings. The third-order valence-electron chi connectivity index (χ3n) is 3.34. The number of carbonyl (C=O) groups excluding carboxylic acids is 2. The average Bonchev–Trinajstić information content (AvgIpc) is 2.91. The fraction of sp³-hybridized carbons (Fsp3) is 0.385. The highest BCUT2D eigenvalue weighted by molar-refractivity contribution is 9.10. The van der Waals surface area contributed by atoms with E-state index in [4.69, 9.17) is 4.74 Å². The second-order valence-corrected chi connectivity index (χ2v) is 5.53. The number of amides is 1. The van der Waals surface area contributed by atoms with E-state index in [0.717, 1.165) is 19.4 Å². The standard InChI is InChI=1S/C13H13BrN2O3/c14-8-5-10-11(19-6-12(17)16-10)4-7(8)13(18)9-2-1-3-15-9/h4-5,9,15H,1-3,6H2,(H,16,17). The van der Waals surface area contributed by atoms with Crippen LogP contribution in [0.15, 0.2) is 16.6 Å². The summed E-state index contributed by atoms with van der Waals surface area (Å²) in [5.74, 6) is 0.424. The molecule has 0 spiro atoms. The molecule has 100 valence electrons. The van der Waals surface area contributed by atoms with Crippen LogP contribution in [0.4, 0.5) is 5.69 Å². The predicted molar refractivity (Wildman–Crippen MR) is 73.6 cm³/mol. The molecule has 0 saturated carbocycles. The summed E-state index contributed by atoms with van der Waals surface area (Å²) in [4.78, 5) is 23.6. The van der Waals surface area contributed by atoms with Crippen LogP contribution in [-0.4, -0.2) is 30.9 Å².